The molecule has 0 bridgehead atoms. The Hall–Kier alpha value is -2.51. The molecule has 0 atom stereocenters. The molecule has 0 fully saturated rings. The van der Waals surface area contributed by atoms with Crippen LogP contribution in [0.15, 0.2) is 41.9 Å². The maximum atomic E-state index is 14.8. The van der Waals surface area contributed by atoms with E-state index < -0.39 is 5.82 Å². The van der Waals surface area contributed by atoms with Crippen LogP contribution in [0, 0.1) is 5.82 Å². The molecule has 0 radical (unpaired) electrons. The highest BCUT2D eigenvalue weighted by atomic mass is 32.1. The van der Waals surface area contributed by atoms with Crippen LogP contribution in [0.25, 0.3) is 10.2 Å². The summed E-state index contributed by atoms with van der Waals surface area (Å²) in [5.41, 5.74) is 3.23. The Bertz CT molecular complexity index is 928. The fourth-order valence-electron chi connectivity index (χ4n) is 2.65. The lowest BCUT2D eigenvalue weighted by Crippen LogP contribution is -2.27. The van der Waals surface area contributed by atoms with E-state index in [9.17, 15) is 9.18 Å². The molecule has 0 saturated heterocycles. The van der Waals surface area contributed by atoms with Gasteiger partial charge in [-0.05, 0) is 37.3 Å². The number of fused-ring (bicyclic) bond motifs is 1. The lowest BCUT2D eigenvalue weighted by molar-refractivity contribution is 0.0992. The Morgan fingerprint density at radius 2 is 2.11 bits per heavy atom. The first kappa shape index (κ1) is 19.3. The molecular formula is C20H21FN2O3S. The highest BCUT2D eigenvalue weighted by Gasteiger charge is 2.19. The lowest BCUT2D eigenvalue weighted by Gasteiger charge is -2.19. The number of aromatic nitrogens is 1. The number of benzene rings is 2. The first-order chi connectivity index (χ1) is 13.1. The summed E-state index contributed by atoms with van der Waals surface area (Å²) in [7, 11) is 1.55. The molecule has 1 amide bonds. The molecule has 0 N–H and O–H groups in total. The topological polar surface area (TPSA) is 51.7 Å². The van der Waals surface area contributed by atoms with Crippen LogP contribution in [0.2, 0.25) is 0 Å². The molecule has 0 spiro atoms. The highest BCUT2D eigenvalue weighted by Crippen LogP contribution is 2.28. The highest BCUT2D eigenvalue weighted by molar-refractivity contribution is 7.16. The van der Waals surface area contributed by atoms with Gasteiger partial charge >= 0.3 is 0 Å². The van der Waals surface area contributed by atoms with Gasteiger partial charge in [0.2, 0.25) is 0 Å². The molecule has 7 heteroatoms. The summed E-state index contributed by atoms with van der Waals surface area (Å²) in [6.45, 7) is 3.48. The fraction of sp³-hybridized carbons (Fsp3) is 0.300. The van der Waals surface area contributed by atoms with Crippen molar-refractivity contribution in [1.29, 1.82) is 0 Å². The predicted molar refractivity (Wildman–Crippen MR) is 105 cm³/mol. The van der Waals surface area contributed by atoms with Crippen LogP contribution in [0.1, 0.15) is 23.7 Å². The molecule has 1 heterocycles. The molecular weight excluding hydrogens is 367 g/mol. The van der Waals surface area contributed by atoms with Crippen molar-refractivity contribution < 1.29 is 18.7 Å². The van der Waals surface area contributed by atoms with Gasteiger partial charge in [-0.15, -0.1) is 11.3 Å². The van der Waals surface area contributed by atoms with Crippen molar-refractivity contribution in [3.8, 4) is 5.75 Å². The summed E-state index contributed by atoms with van der Waals surface area (Å²) < 4.78 is 26.5. The van der Waals surface area contributed by atoms with E-state index in [2.05, 4.69) is 4.98 Å². The van der Waals surface area contributed by atoms with Gasteiger partial charge in [-0.3, -0.25) is 4.79 Å². The molecule has 142 valence electrons. The average molecular weight is 388 g/mol. The third-order valence-electron chi connectivity index (χ3n) is 4.08. The Balaban J connectivity index is 1.74. The number of rotatable bonds is 8. The molecule has 0 aliphatic heterocycles. The lowest BCUT2D eigenvalue weighted by atomic mass is 10.1. The Kier molecular flexibility index (Phi) is 6.36. The Labute approximate surface area is 161 Å². The minimum Gasteiger partial charge on any atom is -0.490 e. The molecule has 0 aliphatic carbocycles. The van der Waals surface area contributed by atoms with Gasteiger partial charge in [0.1, 0.15) is 0 Å². The Morgan fingerprint density at radius 1 is 1.26 bits per heavy atom. The van der Waals surface area contributed by atoms with E-state index in [-0.39, 0.29) is 17.3 Å². The maximum Gasteiger partial charge on any atom is 0.258 e. The monoisotopic (exact) mass is 388 g/mol. The van der Waals surface area contributed by atoms with Gasteiger partial charge in [-0.25, -0.2) is 9.37 Å². The van der Waals surface area contributed by atoms with Crippen molar-refractivity contribution in [3.05, 3.63) is 53.3 Å². The minimum absolute atomic E-state index is 0.126. The van der Waals surface area contributed by atoms with E-state index in [0.717, 1.165) is 10.2 Å². The third kappa shape index (κ3) is 4.43. The molecule has 27 heavy (non-hydrogen) atoms. The van der Waals surface area contributed by atoms with E-state index in [4.69, 9.17) is 9.47 Å². The van der Waals surface area contributed by atoms with E-state index in [1.165, 1.54) is 16.2 Å². The molecule has 1 aromatic heterocycles. The summed E-state index contributed by atoms with van der Waals surface area (Å²) in [4.78, 5) is 18.3. The zero-order valence-electron chi connectivity index (χ0n) is 15.3. The van der Waals surface area contributed by atoms with Crippen molar-refractivity contribution >= 4 is 33.1 Å². The smallest absolute Gasteiger partial charge is 0.258 e. The Morgan fingerprint density at radius 3 is 2.93 bits per heavy atom. The van der Waals surface area contributed by atoms with E-state index in [0.29, 0.717) is 31.8 Å². The van der Waals surface area contributed by atoms with Crippen LogP contribution in [0.5, 0.6) is 5.75 Å². The van der Waals surface area contributed by atoms with Crippen LogP contribution in [0.3, 0.4) is 0 Å². The fourth-order valence-corrected chi connectivity index (χ4v) is 3.36. The molecule has 5 nitrogen and oxygen atoms in total. The van der Waals surface area contributed by atoms with Gasteiger partial charge in [0, 0.05) is 32.2 Å². The first-order valence-corrected chi connectivity index (χ1v) is 9.60. The van der Waals surface area contributed by atoms with Crippen molar-refractivity contribution in [3.63, 3.8) is 0 Å². The standard InChI is InChI=1S/C20H21FN2O3S/c1-3-25-10-5-11-26-17-7-4-6-16(19(17)21)23(2)20(24)14-8-9-15-18(12-14)27-13-22-15/h4,6-9,12-13H,3,5,10-11H2,1-2H3. The van der Waals surface area contributed by atoms with Crippen molar-refractivity contribution in [2.45, 2.75) is 13.3 Å². The SMILES string of the molecule is CCOCCCOc1cccc(N(C)C(=O)c2ccc3ncsc3c2)c1F. The number of carbonyl (C=O) groups excluding carboxylic acids is 1. The number of halogens is 1. The van der Waals surface area contributed by atoms with Crippen molar-refractivity contribution in [2.75, 3.05) is 31.8 Å². The van der Waals surface area contributed by atoms with Crippen LogP contribution < -0.4 is 9.64 Å². The largest absolute Gasteiger partial charge is 0.490 e. The van der Waals surface area contributed by atoms with Crippen LogP contribution in [0.4, 0.5) is 10.1 Å². The molecule has 3 aromatic rings. The van der Waals surface area contributed by atoms with E-state index in [1.54, 1.807) is 49.0 Å². The number of thiazole rings is 1. The third-order valence-corrected chi connectivity index (χ3v) is 4.87. The van der Waals surface area contributed by atoms with Gasteiger partial charge in [0.25, 0.3) is 5.91 Å². The number of ether oxygens (including phenoxy) is 2. The van der Waals surface area contributed by atoms with Gasteiger partial charge in [-0.1, -0.05) is 6.07 Å². The number of hydrogen-bond acceptors (Lipinski definition) is 5. The molecule has 0 saturated carbocycles. The molecule has 3 rings (SSSR count). The van der Waals surface area contributed by atoms with Gasteiger partial charge < -0.3 is 14.4 Å². The second-order valence-electron chi connectivity index (χ2n) is 5.89. The van der Waals surface area contributed by atoms with Crippen LogP contribution >= 0.6 is 11.3 Å². The van der Waals surface area contributed by atoms with Gasteiger partial charge in [0.15, 0.2) is 11.6 Å². The maximum absolute atomic E-state index is 14.8. The van der Waals surface area contributed by atoms with Gasteiger partial charge in [-0.2, -0.15) is 0 Å². The number of carbonyl (C=O) groups is 1. The van der Waals surface area contributed by atoms with Crippen LogP contribution in [-0.4, -0.2) is 37.8 Å². The average Bonchev–Trinajstić information content (AvgIpc) is 3.15. The summed E-state index contributed by atoms with van der Waals surface area (Å²) in [5.74, 6) is -0.720. The number of anilines is 1. The second-order valence-corrected chi connectivity index (χ2v) is 6.77. The van der Waals surface area contributed by atoms with E-state index in [1.807, 2.05) is 6.92 Å². The summed E-state index contributed by atoms with van der Waals surface area (Å²) in [6, 6.07) is 10.1. The second kappa shape index (κ2) is 8.92. The normalized spacial score (nSPS) is 10.9. The molecule has 0 unspecified atom stereocenters. The zero-order valence-corrected chi connectivity index (χ0v) is 16.1. The van der Waals surface area contributed by atoms with E-state index >= 15 is 0 Å². The zero-order chi connectivity index (χ0) is 19.2. The molecule has 0 aliphatic rings. The summed E-state index contributed by atoms with van der Waals surface area (Å²) in [6.07, 6.45) is 0.668. The number of nitrogens with zero attached hydrogens (tertiary/aromatic N) is 2. The van der Waals surface area contributed by atoms with Gasteiger partial charge in [0.05, 0.1) is 28.0 Å². The number of hydrogen-bond donors (Lipinski definition) is 0. The van der Waals surface area contributed by atoms with Crippen LogP contribution in [-0.2, 0) is 4.74 Å². The molecule has 2 aromatic carbocycles. The van der Waals surface area contributed by atoms with Crippen molar-refractivity contribution in [1.82, 2.24) is 4.98 Å². The number of amides is 1. The summed E-state index contributed by atoms with van der Waals surface area (Å²) in [5, 5.41) is 0. The quantitative estimate of drug-likeness (QED) is 0.533. The summed E-state index contributed by atoms with van der Waals surface area (Å²) >= 11 is 1.46. The first-order valence-electron chi connectivity index (χ1n) is 8.72. The minimum atomic E-state index is -0.552. The predicted octanol–water partition coefficient (Wildman–Crippen LogP) is 4.52. The van der Waals surface area contributed by atoms with Crippen molar-refractivity contribution in [2.24, 2.45) is 0 Å².